The van der Waals surface area contributed by atoms with Gasteiger partial charge in [0, 0.05) is 57.5 Å². The molecule has 1 aromatic rings. The van der Waals surface area contributed by atoms with Crippen molar-refractivity contribution in [3.05, 3.63) is 12.3 Å². The predicted molar refractivity (Wildman–Crippen MR) is 82.1 cm³/mol. The first-order chi connectivity index (χ1) is 10.8. The van der Waals surface area contributed by atoms with Gasteiger partial charge in [0.2, 0.25) is 11.8 Å². The number of aliphatic hydroxyl groups excluding tert-OH is 1. The number of hydrogen-bond acceptors (Lipinski definition) is 7. The van der Waals surface area contributed by atoms with E-state index in [4.69, 9.17) is 9.47 Å². The summed E-state index contributed by atoms with van der Waals surface area (Å²) in [7, 11) is 1.61. The minimum atomic E-state index is 0.204. The van der Waals surface area contributed by atoms with Crippen LogP contribution < -0.4 is 9.64 Å². The standard InChI is InChI=1S/C15H24N4O3/c1-21-14-2-3-16-15(17-14)19-9-12(13(10-19)11-20)8-18-4-6-22-7-5-18/h2-3,12-13,20H,4-11H2,1H3/t12-,13-/m1/s1. The van der Waals surface area contributed by atoms with Gasteiger partial charge < -0.3 is 19.5 Å². The molecule has 0 amide bonds. The van der Waals surface area contributed by atoms with E-state index in [1.807, 2.05) is 0 Å². The number of morpholine rings is 1. The molecule has 22 heavy (non-hydrogen) atoms. The van der Waals surface area contributed by atoms with Crippen molar-refractivity contribution < 1.29 is 14.6 Å². The van der Waals surface area contributed by atoms with Gasteiger partial charge in [-0.3, -0.25) is 4.90 Å². The Kier molecular flexibility index (Phi) is 5.07. The second-order valence-electron chi connectivity index (χ2n) is 5.92. The zero-order chi connectivity index (χ0) is 15.4. The normalized spacial score (nSPS) is 26.4. The fraction of sp³-hybridized carbons (Fsp3) is 0.733. The van der Waals surface area contributed by atoms with Crippen LogP contribution in [0, 0.1) is 11.8 Å². The largest absolute Gasteiger partial charge is 0.481 e. The molecule has 0 unspecified atom stereocenters. The Morgan fingerprint density at radius 3 is 2.82 bits per heavy atom. The molecule has 0 aromatic carbocycles. The van der Waals surface area contributed by atoms with E-state index < -0.39 is 0 Å². The third-order valence-electron chi connectivity index (χ3n) is 4.52. The first kappa shape index (κ1) is 15.5. The van der Waals surface area contributed by atoms with Gasteiger partial charge in [0.1, 0.15) is 0 Å². The van der Waals surface area contributed by atoms with Gasteiger partial charge in [-0.1, -0.05) is 0 Å². The van der Waals surface area contributed by atoms with E-state index in [9.17, 15) is 5.11 Å². The van der Waals surface area contributed by atoms with Crippen LogP contribution in [0.15, 0.2) is 12.3 Å². The van der Waals surface area contributed by atoms with E-state index in [1.165, 1.54) is 0 Å². The van der Waals surface area contributed by atoms with Gasteiger partial charge in [-0.2, -0.15) is 4.98 Å². The van der Waals surface area contributed by atoms with Gasteiger partial charge in [0.05, 0.1) is 20.3 Å². The highest BCUT2D eigenvalue weighted by atomic mass is 16.5. The highest BCUT2D eigenvalue weighted by Gasteiger charge is 2.35. The molecule has 7 nitrogen and oxygen atoms in total. The number of ether oxygens (including phenoxy) is 2. The van der Waals surface area contributed by atoms with Crippen LogP contribution in [0.25, 0.3) is 0 Å². The first-order valence-electron chi connectivity index (χ1n) is 7.83. The van der Waals surface area contributed by atoms with Crippen LogP contribution in [-0.2, 0) is 4.74 Å². The SMILES string of the molecule is COc1ccnc(N2C[C@@H](CN3CCOCC3)[C@@H](CO)C2)n1. The predicted octanol–water partition coefficient (Wildman–Crippen LogP) is -0.138. The first-order valence-corrected chi connectivity index (χ1v) is 7.83. The van der Waals surface area contributed by atoms with Crippen molar-refractivity contribution in [2.24, 2.45) is 11.8 Å². The molecule has 0 spiro atoms. The molecule has 2 saturated heterocycles. The number of nitrogens with zero attached hydrogens (tertiary/aromatic N) is 4. The summed E-state index contributed by atoms with van der Waals surface area (Å²) in [4.78, 5) is 13.3. The number of aliphatic hydroxyl groups is 1. The van der Waals surface area contributed by atoms with E-state index >= 15 is 0 Å². The van der Waals surface area contributed by atoms with Gasteiger partial charge in [-0.25, -0.2) is 4.98 Å². The Bertz CT molecular complexity index is 482. The maximum Gasteiger partial charge on any atom is 0.228 e. The zero-order valence-corrected chi connectivity index (χ0v) is 13.0. The van der Waals surface area contributed by atoms with Crippen LogP contribution in [0.4, 0.5) is 5.95 Å². The van der Waals surface area contributed by atoms with Crippen molar-refractivity contribution in [1.82, 2.24) is 14.9 Å². The van der Waals surface area contributed by atoms with E-state index in [1.54, 1.807) is 19.4 Å². The van der Waals surface area contributed by atoms with E-state index in [-0.39, 0.29) is 12.5 Å². The lowest BCUT2D eigenvalue weighted by Crippen LogP contribution is -2.41. The van der Waals surface area contributed by atoms with Gasteiger partial charge in [0.25, 0.3) is 0 Å². The van der Waals surface area contributed by atoms with E-state index in [0.29, 0.717) is 17.7 Å². The van der Waals surface area contributed by atoms with Crippen LogP contribution >= 0.6 is 0 Å². The molecule has 122 valence electrons. The summed E-state index contributed by atoms with van der Waals surface area (Å²) in [5.74, 6) is 1.94. The highest BCUT2D eigenvalue weighted by Crippen LogP contribution is 2.27. The summed E-state index contributed by atoms with van der Waals surface area (Å²) in [6, 6.07) is 1.74. The maximum atomic E-state index is 9.70. The highest BCUT2D eigenvalue weighted by molar-refractivity contribution is 5.34. The van der Waals surface area contributed by atoms with E-state index in [0.717, 1.165) is 45.9 Å². The van der Waals surface area contributed by atoms with Crippen molar-refractivity contribution in [2.75, 3.05) is 64.6 Å². The van der Waals surface area contributed by atoms with Crippen LogP contribution in [0.1, 0.15) is 0 Å². The third kappa shape index (κ3) is 3.48. The molecule has 2 fully saturated rings. The summed E-state index contributed by atoms with van der Waals surface area (Å²) in [5.41, 5.74) is 0. The van der Waals surface area contributed by atoms with Crippen LogP contribution in [0.3, 0.4) is 0 Å². The summed E-state index contributed by atoms with van der Waals surface area (Å²) in [6.45, 7) is 6.42. The molecular weight excluding hydrogens is 284 g/mol. The molecule has 7 heteroatoms. The molecule has 0 saturated carbocycles. The number of rotatable bonds is 5. The fourth-order valence-corrected chi connectivity index (χ4v) is 3.23. The Morgan fingerprint density at radius 1 is 1.32 bits per heavy atom. The number of anilines is 1. The summed E-state index contributed by atoms with van der Waals surface area (Å²) in [6.07, 6.45) is 1.71. The summed E-state index contributed by atoms with van der Waals surface area (Å²) < 4.78 is 10.6. The summed E-state index contributed by atoms with van der Waals surface area (Å²) >= 11 is 0. The lowest BCUT2D eigenvalue weighted by atomic mass is 9.96. The molecule has 0 aliphatic carbocycles. The average Bonchev–Trinajstić information content (AvgIpc) is 2.99. The Labute approximate surface area is 130 Å². The van der Waals surface area contributed by atoms with Crippen LogP contribution in [0.2, 0.25) is 0 Å². The molecule has 2 atom stereocenters. The number of methoxy groups -OCH3 is 1. The van der Waals surface area contributed by atoms with E-state index in [2.05, 4.69) is 19.8 Å². The summed E-state index contributed by atoms with van der Waals surface area (Å²) in [5, 5.41) is 9.70. The molecule has 2 aliphatic heterocycles. The third-order valence-corrected chi connectivity index (χ3v) is 4.52. The number of hydrogen-bond donors (Lipinski definition) is 1. The second-order valence-corrected chi connectivity index (χ2v) is 5.92. The average molecular weight is 308 g/mol. The van der Waals surface area contributed by atoms with Crippen LogP contribution in [-0.4, -0.2) is 79.6 Å². The fourth-order valence-electron chi connectivity index (χ4n) is 3.23. The van der Waals surface area contributed by atoms with Crippen molar-refractivity contribution >= 4 is 5.95 Å². The molecule has 2 aliphatic rings. The van der Waals surface area contributed by atoms with Crippen molar-refractivity contribution in [3.63, 3.8) is 0 Å². The Balaban J connectivity index is 1.65. The quantitative estimate of drug-likeness (QED) is 0.812. The van der Waals surface area contributed by atoms with Gasteiger partial charge >= 0.3 is 0 Å². The molecule has 3 heterocycles. The van der Waals surface area contributed by atoms with Crippen molar-refractivity contribution in [1.29, 1.82) is 0 Å². The molecule has 1 aromatic heterocycles. The van der Waals surface area contributed by atoms with Crippen molar-refractivity contribution in [2.45, 2.75) is 0 Å². The maximum absolute atomic E-state index is 9.70. The zero-order valence-electron chi connectivity index (χ0n) is 13.0. The van der Waals surface area contributed by atoms with Crippen LogP contribution in [0.5, 0.6) is 5.88 Å². The minimum absolute atomic E-state index is 0.204. The number of aromatic nitrogens is 2. The lowest BCUT2D eigenvalue weighted by molar-refractivity contribution is 0.0268. The van der Waals surface area contributed by atoms with Gasteiger partial charge in [-0.15, -0.1) is 0 Å². The topological polar surface area (TPSA) is 71.0 Å². The van der Waals surface area contributed by atoms with Gasteiger partial charge in [-0.05, 0) is 5.92 Å². The molecule has 3 rings (SSSR count). The second kappa shape index (κ2) is 7.21. The lowest BCUT2D eigenvalue weighted by Gasteiger charge is -2.30. The Hall–Kier alpha value is -1.44. The van der Waals surface area contributed by atoms with Gasteiger partial charge in [0.15, 0.2) is 0 Å². The monoisotopic (exact) mass is 308 g/mol. The minimum Gasteiger partial charge on any atom is -0.481 e. The molecule has 1 N–H and O–H groups in total. The Morgan fingerprint density at radius 2 is 2.09 bits per heavy atom. The molecular formula is C15H24N4O3. The molecule has 0 radical (unpaired) electrons. The molecule has 0 bridgehead atoms. The smallest absolute Gasteiger partial charge is 0.228 e. The van der Waals surface area contributed by atoms with Crippen molar-refractivity contribution in [3.8, 4) is 5.88 Å².